The molecule has 9 nitrogen and oxygen atoms in total. The van der Waals surface area contributed by atoms with Crippen LogP contribution in [0.15, 0.2) is 34.3 Å². The van der Waals surface area contributed by atoms with Crippen molar-refractivity contribution in [2.24, 2.45) is 5.16 Å². The van der Waals surface area contributed by atoms with Crippen molar-refractivity contribution in [3.63, 3.8) is 0 Å². The average molecular weight is 439 g/mol. The second kappa shape index (κ2) is 8.97. The second-order valence-electron chi connectivity index (χ2n) is 6.68. The van der Waals surface area contributed by atoms with Gasteiger partial charge in [-0.1, -0.05) is 17.3 Å². The fourth-order valence-corrected chi connectivity index (χ4v) is 4.74. The van der Waals surface area contributed by atoms with Gasteiger partial charge in [0.25, 0.3) is 5.91 Å². The quantitative estimate of drug-likeness (QED) is 0.471. The molecule has 1 aromatic heterocycles. The first kappa shape index (κ1) is 21.3. The van der Waals surface area contributed by atoms with Gasteiger partial charge >= 0.3 is 0 Å². The van der Waals surface area contributed by atoms with Crippen molar-refractivity contribution in [2.45, 2.75) is 42.9 Å². The molecule has 1 heterocycles. The van der Waals surface area contributed by atoms with Crippen LogP contribution in [0.1, 0.15) is 31.2 Å². The van der Waals surface area contributed by atoms with E-state index in [4.69, 9.17) is 9.57 Å². The van der Waals surface area contributed by atoms with Crippen molar-refractivity contribution >= 4 is 38.1 Å². The van der Waals surface area contributed by atoms with Crippen molar-refractivity contribution in [2.75, 3.05) is 19.0 Å². The number of hydrogen-bond acceptors (Lipinski definition) is 9. The molecule has 1 aromatic carbocycles. The standard InChI is InChI=1S/C18H22N4O5S2/c1-11(10-26-3)27-21-16(17(23)20-18-19-12(2)22-28-18)13-4-6-14(7-5-13)29(24,25)15-8-9-15/h4-7,11,15H,8-10H2,1-3H3,(H,19,20,22,23)/b21-16+/t11-/m1/s1. The molecule has 3 rings (SSSR count). The molecule has 1 aliphatic carbocycles. The van der Waals surface area contributed by atoms with Gasteiger partial charge < -0.3 is 9.57 Å². The molecule has 0 radical (unpaired) electrons. The average Bonchev–Trinajstić information content (AvgIpc) is 3.46. The zero-order chi connectivity index (χ0) is 21.0. The van der Waals surface area contributed by atoms with Crippen LogP contribution in [0.2, 0.25) is 0 Å². The van der Waals surface area contributed by atoms with Crippen LogP contribution in [0.5, 0.6) is 0 Å². The number of methoxy groups -OCH3 is 1. The van der Waals surface area contributed by atoms with Crippen LogP contribution >= 0.6 is 11.5 Å². The van der Waals surface area contributed by atoms with Gasteiger partial charge in [-0.25, -0.2) is 13.4 Å². The van der Waals surface area contributed by atoms with Gasteiger partial charge in [-0.2, -0.15) is 4.37 Å². The van der Waals surface area contributed by atoms with Gasteiger partial charge in [0.2, 0.25) is 5.13 Å². The molecule has 0 aliphatic heterocycles. The monoisotopic (exact) mass is 438 g/mol. The fourth-order valence-electron chi connectivity index (χ4n) is 2.51. The molecule has 0 spiro atoms. The van der Waals surface area contributed by atoms with E-state index in [1.807, 2.05) is 0 Å². The Balaban J connectivity index is 1.85. The van der Waals surface area contributed by atoms with Gasteiger partial charge in [-0.15, -0.1) is 0 Å². The third-order valence-corrected chi connectivity index (χ3v) is 7.11. The van der Waals surface area contributed by atoms with Crippen LogP contribution in [-0.4, -0.2) is 54.5 Å². The first-order valence-corrected chi connectivity index (χ1v) is 11.3. The molecule has 0 bridgehead atoms. The number of benzene rings is 1. The Kier molecular flexibility index (Phi) is 6.60. The van der Waals surface area contributed by atoms with E-state index < -0.39 is 15.7 Å². The Hall–Kier alpha value is -2.37. The smallest absolute Gasteiger partial charge is 0.280 e. The highest BCUT2D eigenvalue weighted by Gasteiger charge is 2.36. The number of sulfone groups is 1. The minimum Gasteiger partial charge on any atom is -0.390 e. The van der Waals surface area contributed by atoms with Crippen LogP contribution in [0.4, 0.5) is 5.13 Å². The lowest BCUT2D eigenvalue weighted by molar-refractivity contribution is -0.110. The van der Waals surface area contributed by atoms with E-state index >= 15 is 0 Å². The molecular formula is C18H22N4O5S2. The van der Waals surface area contributed by atoms with Crippen molar-refractivity contribution in [1.29, 1.82) is 0 Å². The Bertz CT molecular complexity index is 998. The molecule has 1 atom stereocenters. The predicted octanol–water partition coefficient (Wildman–Crippen LogP) is 2.18. The van der Waals surface area contributed by atoms with Gasteiger partial charge in [-0.3, -0.25) is 10.1 Å². The van der Waals surface area contributed by atoms with Crippen molar-refractivity contribution in [3.05, 3.63) is 35.7 Å². The Labute approximate surface area is 173 Å². The van der Waals surface area contributed by atoms with E-state index in [1.54, 1.807) is 26.0 Å². The highest BCUT2D eigenvalue weighted by Crippen LogP contribution is 2.33. The number of aromatic nitrogens is 2. The molecule has 1 saturated carbocycles. The topological polar surface area (TPSA) is 120 Å². The number of nitrogens with zero attached hydrogens (tertiary/aromatic N) is 3. The van der Waals surface area contributed by atoms with Gasteiger partial charge in [0.15, 0.2) is 15.5 Å². The number of carbonyl (C=O) groups excluding carboxylic acids is 1. The second-order valence-corrected chi connectivity index (χ2v) is 9.66. The van der Waals surface area contributed by atoms with E-state index in [0.717, 1.165) is 11.5 Å². The fraction of sp³-hybridized carbons (Fsp3) is 0.444. The minimum atomic E-state index is -3.31. The van der Waals surface area contributed by atoms with E-state index in [1.165, 1.54) is 19.2 Å². The summed E-state index contributed by atoms with van der Waals surface area (Å²) in [7, 11) is -1.78. The van der Waals surface area contributed by atoms with Gasteiger partial charge in [-0.05, 0) is 38.8 Å². The Morgan fingerprint density at radius 3 is 2.59 bits per heavy atom. The van der Waals surface area contributed by atoms with Crippen LogP contribution in [0, 0.1) is 6.92 Å². The van der Waals surface area contributed by atoms with Gasteiger partial charge in [0.05, 0.1) is 16.8 Å². The van der Waals surface area contributed by atoms with Gasteiger partial charge in [0.1, 0.15) is 11.9 Å². The number of aryl methyl sites for hydroxylation is 1. The van der Waals surface area contributed by atoms with Crippen molar-refractivity contribution < 1.29 is 22.8 Å². The highest BCUT2D eigenvalue weighted by atomic mass is 32.2. The SMILES string of the molecule is COC[C@@H](C)O/N=C(/C(=O)Nc1nc(C)ns1)c1ccc(S(=O)(=O)C2CC2)cc1. The minimum absolute atomic E-state index is 0.00354. The molecule has 1 fully saturated rings. The molecule has 1 aliphatic rings. The number of rotatable bonds is 9. The van der Waals surface area contributed by atoms with E-state index in [-0.39, 0.29) is 22.0 Å². The molecule has 0 unspecified atom stereocenters. The summed E-state index contributed by atoms with van der Waals surface area (Å²) < 4.78 is 33.8. The third-order valence-electron chi connectivity index (χ3n) is 4.11. The summed E-state index contributed by atoms with van der Waals surface area (Å²) in [6.07, 6.45) is 0.998. The molecule has 1 N–H and O–H groups in total. The van der Waals surface area contributed by atoms with Crippen molar-refractivity contribution in [1.82, 2.24) is 9.36 Å². The van der Waals surface area contributed by atoms with Crippen LogP contribution < -0.4 is 5.32 Å². The lowest BCUT2D eigenvalue weighted by Crippen LogP contribution is -2.25. The van der Waals surface area contributed by atoms with Crippen LogP contribution in [0.3, 0.4) is 0 Å². The van der Waals surface area contributed by atoms with E-state index in [9.17, 15) is 13.2 Å². The van der Waals surface area contributed by atoms with Crippen LogP contribution in [0.25, 0.3) is 0 Å². The summed E-state index contributed by atoms with van der Waals surface area (Å²) in [4.78, 5) is 22.5. The molecule has 11 heteroatoms. The Morgan fingerprint density at radius 1 is 1.34 bits per heavy atom. The molecule has 156 valence electrons. The Morgan fingerprint density at radius 2 is 2.03 bits per heavy atom. The summed E-state index contributed by atoms with van der Waals surface area (Å²) in [5.41, 5.74) is 0.416. The summed E-state index contributed by atoms with van der Waals surface area (Å²) in [5, 5.41) is 6.65. The number of ether oxygens (including phenoxy) is 1. The number of amides is 1. The summed E-state index contributed by atoms with van der Waals surface area (Å²) in [5.74, 6) is 0.00644. The lowest BCUT2D eigenvalue weighted by atomic mass is 10.1. The maximum absolute atomic E-state index is 12.8. The molecule has 29 heavy (non-hydrogen) atoms. The molecule has 2 aromatic rings. The lowest BCUT2D eigenvalue weighted by Gasteiger charge is -2.11. The maximum atomic E-state index is 12.8. The number of carbonyl (C=O) groups is 1. The highest BCUT2D eigenvalue weighted by molar-refractivity contribution is 7.92. The largest absolute Gasteiger partial charge is 0.390 e. The first-order chi connectivity index (χ1) is 13.8. The number of anilines is 1. The molecule has 0 saturated heterocycles. The number of nitrogens with one attached hydrogen (secondary N) is 1. The summed E-state index contributed by atoms with van der Waals surface area (Å²) in [6.45, 7) is 3.77. The molecular weight excluding hydrogens is 416 g/mol. The van der Waals surface area contributed by atoms with E-state index in [0.29, 0.717) is 36.0 Å². The van der Waals surface area contributed by atoms with E-state index in [2.05, 4.69) is 19.8 Å². The van der Waals surface area contributed by atoms with Crippen molar-refractivity contribution in [3.8, 4) is 0 Å². The summed E-state index contributed by atoms with van der Waals surface area (Å²) in [6, 6.07) is 6.06. The number of oxime groups is 1. The summed E-state index contributed by atoms with van der Waals surface area (Å²) >= 11 is 1.05. The zero-order valence-electron chi connectivity index (χ0n) is 16.3. The normalized spacial score (nSPS) is 15.8. The first-order valence-electron chi connectivity index (χ1n) is 9.00. The predicted molar refractivity (Wildman–Crippen MR) is 109 cm³/mol. The molecule has 1 amide bonds. The van der Waals surface area contributed by atoms with Crippen LogP contribution in [-0.2, 0) is 24.2 Å². The van der Waals surface area contributed by atoms with Gasteiger partial charge in [0, 0.05) is 24.2 Å². The third kappa shape index (κ3) is 5.37. The number of hydrogen-bond donors (Lipinski definition) is 1. The zero-order valence-corrected chi connectivity index (χ0v) is 17.9. The maximum Gasteiger partial charge on any atom is 0.280 e.